The maximum atomic E-state index is 11.6. The molecule has 0 aliphatic heterocycles. The molecule has 0 unspecified atom stereocenters. The van der Waals surface area contributed by atoms with Gasteiger partial charge >= 0.3 is 0 Å². The predicted molar refractivity (Wildman–Crippen MR) is 86.9 cm³/mol. The Morgan fingerprint density at radius 2 is 2.00 bits per heavy atom. The van der Waals surface area contributed by atoms with Crippen LogP contribution in [-0.2, 0) is 4.79 Å². The first kappa shape index (κ1) is 16.4. The van der Waals surface area contributed by atoms with Crippen LogP contribution in [0.15, 0.2) is 53.6 Å². The van der Waals surface area contributed by atoms with E-state index in [2.05, 4.69) is 10.5 Å². The SMILES string of the molecule is CCOc1cc(C=NNC(=O)COc2ccccc2)ccc1O. The standard InChI is InChI=1S/C17H18N2O4/c1-2-22-16-10-13(8-9-15(16)20)11-18-19-17(21)12-23-14-6-4-3-5-7-14/h3-11,20H,2,12H2,1H3,(H,19,21). The first-order valence-corrected chi connectivity index (χ1v) is 7.14. The Morgan fingerprint density at radius 1 is 1.22 bits per heavy atom. The number of phenols is 1. The van der Waals surface area contributed by atoms with E-state index in [0.717, 1.165) is 0 Å². The molecule has 1 amide bonds. The first-order chi connectivity index (χ1) is 11.2. The molecule has 0 fully saturated rings. The van der Waals surface area contributed by atoms with Crippen molar-refractivity contribution in [1.82, 2.24) is 5.43 Å². The smallest absolute Gasteiger partial charge is 0.277 e. The topological polar surface area (TPSA) is 80.2 Å². The Labute approximate surface area is 134 Å². The van der Waals surface area contributed by atoms with Gasteiger partial charge in [0.05, 0.1) is 12.8 Å². The molecular weight excluding hydrogens is 296 g/mol. The van der Waals surface area contributed by atoms with E-state index in [1.807, 2.05) is 25.1 Å². The maximum absolute atomic E-state index is 11.6. The summed E-state index contributed by atoms with van der Waals surface area (Å²) in [6, 6.07) is 13.9. The summed E-state index contributed by atoms with van der Waals surface area (Å²) in [7, 11) is 0. The fourth-order valence-corrected chi connectivity index (χ4v) is 1.76. The second-order valence-corrected chi connectivity index (χ2v) is 4.56. The summed E-state index contributed by atoms with van der Waals surface area (Å²) < 4.78 is 10.6. The van der Waals surface area contributed by atoms with Gasteiger partial charge in [-0.25, -0.2) is 5.43 Å². The van der Waals surface area contributed by atoms with E-state index in [0.29, 0.717) is 23.7 Å². The third-order valence-electron chi connectivity index (χ3n) is 2.80. The number of ether oxygens (including phenoxy) is 2. The number of benzene rings is 2. The zero-order valence-electron chi connectivity index (χ0n) is 12.7. The first-order valence-electron chi connectivity index (χ1n) is 7.14. The molecule has 23 heavy (non-hydrogen) atoms. The lowest BCUT2D eigenvalue weighted by Gasteiger charge is -2.06. The van der Waals surface area contributed by atoms with Crippen molar-refractivity contribution in [3.05, 3.63) is 54.1 Å². The number of rotatable bonds is 7. The van der Waals surface area contributed by atoms with Gasteiger partial charge in [0.1, 0.15) is 5.75 Å². The van der Waals surface area contributed by atoms with Crippen molar-refractivity contribution >= 4 is 12.1 Å². The number of nitrogens with one attached hydrogen (secondary N) is 1. The number of para-hydroxylation sites is 1. The number of nitrogens with zero attached hydrogens (tertiary/aromatic N) is 1. The molecular formula is C17H18N2O4. The Morgan fingerprint density at radius 3 is 2.74 bits per heavy atom. The Kier molecular flexibility index (Phi) is 5.99. The van der Waals surface area contributed by atoms with Gasteiger partial charge in [0.15, 0.2) is 18.1 Å². The molecule has 0 aliphatic rings. The summed E-state index contributed by atoms with van der Waals surface area (Å²) in [6.45, 7) is 2.15. The van der Waals surface area contributed by atoms with Crippen LogP contribution in [0.5, 0.6) is 17.2 Å². The van der Waals surface area contributed by atoms with E-state index in [-0.39, 0.29) is 18.3 Å². The average molecular weight is 314 g/mol. The molecule has 0 bridgehead atoms. The zero-order chi connectivity index (χ0) is 16.5. The highest BCUT2D eigenvalue weighted by Crippen LogP contribution is 2.26. The molecule has 0 aromatic heterocycles. The van der Waals surface area contributed by atoms with Gasteiger partial charge in [0.2, 0.25) is 0 Å². The van der Waals surface area contributed by atoms with Crippen LogP contribution in [0.2, 0.25) is 0 Å². The molecule has 0 saturated carbocycles. The summed E-state index contributed by atoms with van der Waals surface area (Å²) in [4.78, 5) is 11.6. The van der Waals surface area contributed by atoms with Gasteiger partial charge in [-0.3, -0.25) is 4.79 Å². The highest BCUT2D eigenvalue weighted by molar-refractivity contribution is 5.83. The van der Waals surface area contributed by atoms with Crippen LogP contribution in [0.25, 0.3) is 0 Å². The second-order valence-electron chi connectivity index (χ2n) is 4.56. The van der Waals surface area contributed by atoms with E-state index in [1.165, 1.54) is 12.3 Å². The molecule has 2 aromatic rings. The maximum Gasteiger partial charge on any atom is 0.277 e. The van der Waals surface area contributed by atoms with E-state index < -0.39 is 0 Å². The Bertz CT molecular complexity index is 672. The summed E-state index contributed by atoms with van der Waals surface area (Å²) in [5.41, 5.74) is 3.06. The van der Waals surface area contributed by atoms with E-state index in [4.69, 9.17) is 9.47 Å². The fourth-order valence-electron chi connectivity index (χ4n) is 1.76. The molecule has 6 nitrogen and oxygen atoms in total. The van der Waals surface area contributed by atoms with Crippen molar-refractivity contribution < 1.29 is 19.4 Å². The molecule has 2 rings (SSSR count). The molecule has 2 aromatic carbocycles. The summed E-state index contributed by atoms with van der Waals surface area (Å²) in [6.07, 6.45) is 1.46. The van der Waals surface area contributed by atoms with Gasteiger partial charge in [0.25, 0.3) is 5.91 Å². The van der Waals surface area contributed by atoms with Crippen molar-refractivity contribution in [2.45, 2.75) is 6.92 Å². The molecule has 0 radical (unpaired) electrons. The second kappa shape index (κ2) is 8.43. The minimum absolute atomic E-state index is 0.0595. The number of hydrazone groups is 1. The van der Waals surface area contributed by atoms with Gasteiger partial charge in [-0.2, -0.15) is 5.10 Å². The highest BCUT2D eigenvalue weighted by atomic mass is 16.5. The van der Waals surface area contributed by atoms with Crippen molar-refractivity contribution in [2.24, 2.45) is 5.10 Å². The number of amides is 1. The van der Waals surface area contributed by atoms with Crippen molar-refractivity contribution in [2.75, 3.05) is 13.2 Å². The molecule has 6 heteroatoms. The Balaban J connectivity index is 1.84. The molecule has 0 atom stereocenters. The van der Waals surface area contributed by atoms with Gasteiger partial charge in [-0.1, -0.05) is 18.2 Å². The predicted octanol–water partition coefficient (Wildman–Crippen LogP) is 2.32. The molecule has 0 aliphatic carbocycles. The van der Waals surface area contributed by atoms with Crippen molar-refractivity contribution in [3.8, 4) is 17.2 Å². The lowest BCUT2D eigenvalue weighted by Crippen LogP contribution is -2.24. The lowest BCUT2D eigenvalue weighted by atomic mass is 10.2. The third kappa shape index (κ3) is 5.35. The summed E-state index contributed by atoms with van der Waals surface area (Å²) in [5, 5.41) is 13.4. The molecule has 2 N–H and O–H groups in total. The van der Waals surface area contributed by atoms with Crippen LogP contribution in [0.3, 0.4) is 0 Å². The van der Waals surface area contributed by atoms with E-state index >= 15 is 0 Å². The number of carbonyl (C=O) groups is 1. The van der Waals surface area contributed by atoms with Crippen molar-refractivity contribution in [1.29, 1.82) is 0 Å². The van der Waals surface area contributed by atoms with Gasteiger partial charge in [0, 0.05) is 0 Å². The van der Waals surface area contributed by atoms with E-state index in [1.54, 1.807) is 24.3 Å². The van der Waals surface area contributed by atoms with Crippen molar-refractivity contribution in [3.63, 3.8) is 0 Å². The van der Waals surface area contributed by atoms with E-state index in [9.17, 15) is 9.90 Å². The number of phenolic OH excluding ortho intramolecular Hbond substituents is 1. The largest absolute Gasteiger partial charge is 0.504 e. The van der Waals surface area contributed by atoms with Gasteiger partial charge in [-0.05, 0) is 42.8 Å². The fraction of sp³-hybridized carbons (Fsp3) is 0.176. The monoisotopic (exact) mass is 314 g/mol. The van der Waals surface area contributed by atoms with Crippen LogP contribution in [0.4, 0.5) is 0 Å². The van der Waals surface area contributed by atoms with Crippen LogP contribution in [-0.4, -0.2) is 30.4 Å². The lowest BCUT2D eigenvalue weighted by molar-refractivity contribution is -0.123. The number of carbonyl (C=O) groups excluding carboxylic acids is 1. The van der Waals surface area contributed by atoms with Gasteiger partial charge < -0.3 is 14.6 Å². The quantitative estimate of drug-likeness (QED) is 0.607. The van der Waals surface area contributed by atoms with Gasteiger partial charge in [-0.15, -0.1) is 0 Å². The van der Waals surface area contributed by atoms with Crippen LogP contribution >= 0.6 is 0 Å². The zero-order valence-corrected chi connectivity index (χ0v) is 12.7. The summed E-state index contributed by atoms with van der Waals surface area (Å²) in [5.74, 6) is 0.680. The highest BCUT2D eigenvalue weighted by Gasteiger charge is 2.03. The minimum atomic E-state index is -0.367. The Hall–Kier alpha value is -3.02. The number of aromatic hydroxyl groups is 1. The van der Waals surface area contributed by atoms with Crippen LogP contribution in [0.1, 0.15) is 12.5 Å². The van der Waals surface area contributed by atoms with Crippen LogP contribution < -0.4 is 14.9 Å². The minimum Gasteiger partial charge on any atom is -0.504 e. The molecule has 0 spiro atoms. The van der Waals surface area contributed by atoms with Crippen LogP contribution in [0, 0.1) is 0 Å². The average Bonchev–Trinajstić information content (AvgIpc) is 2.57. The molecule has 0 heterocycles. The summed E-state index contributed by atoms with van der Waals surface area (Å²) >= 11 is 0. The number of hydrogen-bond donors (Lipinski definition) is 2. The third-order valence-corrected chi connectivity index (χ3v) is 2.80. The molecule has 0 saturated heterocycles. The normalized spacial score (nSPS) is 10.5. The number of hydrogen-bond acceptors (Lipinski definition) is 5. The molecule has 120 valence electrons.